The van der Waals surface area contributed by atoms with E-state index in [1.807, 2.05) is 12.1 Å². The fourth-order valence-corrected chi connectivity index (χ4v) is 3.25. The lowest BCUT2D eigenvalue weighted by Crippen LogP contribution is -2.13. The first kappa shape index (κ1) is 16.6. The van der Waals surface area contributed by atoms with Crippen LogP contribution < -0.4 is 10.1 Å². The first-order chi connectivity index (χ1) is 11.7. The number of nitrogens with zero attached hydrogens (tertiary/aromatic N) is 2. The van der Waals surface area contributed by atoms with E-state index in [0.29, 0.717) is 16.6 Å². The van der Waals surface area contributed by atoms with E-state index in [1.165, 1.54) is 24.0 Å². The van der Waals surface area contributed by atoms with E-state index in [4.69, 9.17) is 4.74 Å². The molecule has 0 aliphatic rings. The molecule has 0 bridgehead atoms. The van der Waals surface area contributed by atoms with Gasteiger partial charge in [-0.2, -0.15) is 0 Å². The summed E-state index contributed by atoms with van der Waals surface area (Å²) in [6.45, 7) is 0. The smallest absolute Gasteiger partial charge is 0.262 e. The maximum atomic E-state index is 12.3. The summed E-state index contributed by atoms with van der Waals surface area (Å²) >= 11 is 4.88. The summed E-state index contributed by atoms with van der Waals surface area (Å²) in [5.74, 6) is 0.00568. The SMILES string of the molecule is COc1ncccc1C(=O)Nc1ncc(Cc2ccc(Br)cc2)s1. The minimum Gasteiger partial charge on any atom is -0.480 e. The number of nitrogens with one attached hydrogen (secondary N) is 1. The predicted octanol–water partition coefficient (Wildman–Crippen LogP) is 4.15. The number of halogens is 1. The van der Waals surface area contributed by atoms with Gasteiger partial charge in [0.2, 0.25) is 5.88 Å². The third kappa shape index (κ3) is 3.98. The van der Waals surface area contributed by atoms with Crippen LogP contribution in [0.3, 0.4) is 0 Å². The third-order valence-electron chi connectivity index (χ3n) is 3.27. The van der Waals surface area contributed by atoms with E-state index < -0.39 is 0 Å². The highest BCUT2D eigenvalue weighted by atomic mass is 79.9. The van der Waals surface area contributed by atoms with Crippen molar-refractivity contribution in [3.8, 4) is 5.88 Å². The molecule has 2 heterocycles. The molecule has 2 aromatic heterocycles. The molecule has 3 aromatic rings. The lowest BCUT2D eigenvalue weighted by Gasteiger charge is -2.05. The lowest BCUT2D eigenvalue weighted by molar-refractivity contribution is 0.102. The van der Waals surface area contributed by atoms with Gasteiger partial charge < -0.3 is 4.74 Å². The molecule has 1 amide bonds. The second-order valence-electron chi connectivity index (χ2n) is 4.95. The maximum absolute atomic E-state index is 12.3. The summed E-state index contributed by atoms with van der Waals surface area (Å²) in [5, 5.41) is 3.34. The summed E-state index contributed by atoms with van der Waals surface area (Å²) < 4.78 is 6.16. The van der Waals surface area contributed by atoms with Crippen molar-refractivity contribution in [2.45, 2.75) is 6.42 Å². The molecule has 0 aliphatic heterocycles. The first-order valence-corrected chi connectivity index (χ1v) is 8.76. The van der Waals surface area contributed by atoms with Crippen LogP contribution >= 0.6 is 27.3 Å². The molecule has 0 saturated heterocycles. The van der Waals surface area contributed by atoms with Crippen molar-refractivity contribution in [1.82, 2.24) is 9.97 Å². The average Bonchev–Trinajstić information content (AvgIpc) is 3.03. The van der Waals surface area contributed by atoms with Crippen LogP contribution in [0.1, 0.15) is 20.8 Å². The summed E-state index contributed by atoms with van der Waals surface area (Å²) in [5.41, 5.74) is 1.57. The van der Waals surface area contributed by atoms with Crippen molar-refractivity contribution >= 4 is 38.3 Å². The van der Waals surface area contributed by atoms with E-state index >= 15 is 0 Å². The van der Waals surface area contributed by atoms with Gasteiger partial charge in [0.25, 0.3) is 5.91 Å². The monoisotopic (exact) mass is 403 g/mol. The minimum atomic E-state index is -0.288. The zero-order chi connectivity index (χ0) is 16.9. The van der Waals surface area contributed by atoms with Crippen molar-refractivity contribution < 1.29 is 9.53 Å². The standard InChI is InChI=1S/C17H14BrN3O2S/c1-23-16-14(3-2-8-19-16)15(22)21-17-20-10-13(24-17)9-11-4-6-12(18)7-5-11/h2-8,10H,9H2,1H3,(H,20,21,22). The molecule has 0 aliphatic carbocycles. The quantitative estimate of drug-likeness (QED) is 0.694. The molecule has 7 heteroatoms. The number of carbonyl (C=O) groups is 1. The van der Waals surface area contributed by atoms with Gasteiger partial charge in [0.05, 0.1) is 7.11 Å². The Morgan fingerprint density at radius 1 is 1.25 bits per heavy atom. The van der Waals surface area contributed by atoms with E-state index in [9.17, 15) is 4.79 Å². The zero-order valence-electron chi connectivity index (χ0n) is 12.8. The Kier molecular flexibility index (Phi) is 5.22. The molecule has 122 valence electrons. The Bertz CT molecular complexity index is 849. The largest absolute Gasteiger partial charge is 0.480 e. The number of pyridine rings is 1. The van der Waals surface area contributed by atoms with Gasteiger partial charge in [-0.05, 0) is 29.8 Å². The number of hydrogen-bond acceptors (Lipinski definition) is 5. The van der Waals surface area contributed by atoms with Gasteiger partial charge in [0.15, 0.2) is 5.13 Å². The van der Waals surface area contributed by atoms with Crippen molar-refractivity contribution in [3.63, 3.8) is 0 Å². The number of hydrogen-bond donors (Lipinski definition) is 1. The van der Waals surface area contributed by atoms with Crippen LogP contribution in [0.4, 0.5) is 5.13 Å². The van der Waals surface area contributed by atoms with Crippen LogP contribution in [-0.2, 0) is 6.42 Å². The Hall–Kier alpha value is -2.25. The van der Waals surface area contributed by atoms with Gasteiger partial charge in [-0.25, -0.2) is 9.97 Å². The maximum Gasteiger partial charge on any atom is 0.262 e. The van der Waals surface area contributed by atoms with Gasteiger partial charge in [0.1, 0.15) is 5.56 Å². The highest BCUT2D eigenvalue weighted by Crippen LogP contribution is 2.23. The lowest BCUT2D eigenvalue weighted by atomic mass is 10.1. The Balaban J connectivity index is 1.69. The Morgan fingerprint density at radius 3 is 2.79 bits per heavy atom. The number of aromatic nitrogens is 2. The molecule has 24 heavy (non-hydrogen) atoms. The van der Waals surface area contributed by atoms with E-state index in [1.54, 1.807) is 24.5 Å². The van der Waals surface area contributed by atoms with Crippen molar-refractivity contribution in [2.24, 2.45) is 0 Å². The van der Waals surface area contributed by atoms with Gasteiger partial charge >= 0.3 is 0 Å². The van der Waals surface area contributed by atoms with Crippen LogP contribution in [0.2, 0.25) is 0 Å². The summed E-state index contributed by atoms with van der Waals surface area (Å²) in [6.07, 6.45) is 4.13. The second-order valence-corrected chi connectivity index (χ2v) is 6.98. The highest BCUT2D eigenvalue weighted by molar-refractivity contribution is 9.10. The summed E-state index contributed by atoms with van der Waals surface area (Å²) in [4.78, 5) is 21.7. The minimum absolute atomic E-state index is 0.288. The van der Waals surface area contributed by atoms with Crippen LogP contribution in [0.15, 0.2) is 53.3 Å². The predicted molar refractivity (Wildman–Crippen MR) is 97.8 cm³/mol. The number of carbonyl (C=O) groups excluding carboxylic acids is 1. The first-order valence-electron chi connectivity index (χ1n) is 7.15. The Morgan fingerprint density at radius 2 is 2.04 bits per heavy atom. The van der Waals surface area contributed by atoms with Gasteiger partial charge in [-0.3, -0.25) is 10.1 Å². The molecule has 0 radical (unpaired) electrons. The normalized spacial score (nSPS) is 10.4. The third-order valence-corrected chi connectivity index (χ3v) is 4.72. The number of benzene rings is 1. The van der Waals surface area contributed by atoms with Crippen molar-refractivity contribution in [3.05, 3.63) is 69.3 Å². The van der Waals surface area contributed by atoms with Crippen LogP contribution in [0.25, 0.3) is 0 Å². The van der Waals surface area contributed by atoms with Crippen LogP contribution in [0, 0.1) is 0 Å². The van der Waals surface area contributed by atoms with Crippen molar-refractivity contribution in [2.75, 3.05) is 12.4 Å². The molecule has 1 N–H and O–H groups in total. The fraction of sp³-hybridized carbons (Fsp3) is 0.118. The van der Waals surface area contributed by atoms with Gasteiger partial charge in [-0.1, -0.05) is 28.1 Å². The van der Waals surface area contributed by atoms with Gasteiger partial charge in [-0.15, -0.1) is 11.3 Å². The summed E-state index contributed by atoms with van der Waals surface area (Å²) in [6, 6.07) is 11.5. The summed E-state index contributed by atoms with van der Waals surface area (Å²) in [7, 11) is 1.48. The number of rotatable bonds is 5. The van der Waals surface area contributed by atoms with E-state index in [2.05, 4.69) is 43.3 Å². The topological polar surface area (TPSA) is 64.1 Å². The van der Waals surface area contributed by atoms with E-state index in [0.717, 1.165) is 15.8 Å². The average molecular weight is 404 g/mol. The molecule has 0 unspecified atom stereocenters. The van der Waals surface area contributed by atoms with Crippen LogP contribution in [-0.4, -0.2) is 23.0 Å². The number of amides is 1. The van der Waals surface area contributed by atoms with Crippen LogP contribution in [0.5, 0.6) is 5.88 Å². The van der Waals surface area contributed by atoms with E-state index in [-0.39, 0.29) is 5.91 Å². The highest BCUT2D eigenvalue weighted by Gasteiger charge is 2.14. The fourth-order valence-electron chi connectivity index (χ4n) is 2.14. The molecule has 3 rings (SSSR count). The molecular formula is C17H14BrN3O2S. The molecule has 0 saturated carbocycles. The molecule has 0 fully saturated rings. The number of ether oxygens (including phenoxy) is 1. The Labute approximate surface area is 151 Å². The molecule has 1 aromatic carbocycles. The molecule has 0 atom stereocenters. The van der Waals surface area contributed by atoms with Crippen molar-refractivity contribution in [1.29, 1.82) is 0 Å². The zero-order valence-corrected chi connectivity index (χ0v) is 15.2. The number of thiazole rings is 1. The molecule has 5 nitrogen and oxygen atoms in total. The number of methoxy groups -OCH3 is 1. The molecule has 0 spiro atoms. The molecular weight excluding hydrogens is 390 g/mol. The second kappa shape index (κ2) is 7.55. The number of anilines is 1. The van der Waals surface area contributed by atoms with Gasteiger partial charge in [0, 0.05) is 28.2 Å².